The van der Waals surface area contributed by atoms with Crippen molar-refractivity contribution in [3.63, 3.8) is 0 Å². The van der Waals surface area contributed by atoms with Gasteiger partial charge in [-0.1, -0.05) is 23.9 Å². The molecule has 2 heterocycles. The Labute approximate surface area is 166 Å². The highest BCUT2D eigenvalue weighted by Gasteiger charge is 2.17. The maximum Gasteiger partial charge on any atom is 0.253 e. The third-order valence-corrected chi connectivity index (χ3v) is 5.05. The molecule has 2 N–H and O–H groups in total. The van der Waals surface area contributed by atoms with E-state index in [9.17, 15) is 9.59 Å². The van der Waals surface area contributed by atoms with Crippen LogP contribution in [0.3, 0.4) is 0 Å². The third kappa shape index (κ3) is 4.61. The lowest BCUT2D eigenvalue weighted by atomic mass is 10.1. The number of hydrogen-bond donors (Lipinski definition) is 1. The first kappa shape index (κ1) is 19.7. The highest BCUT2D eigenvalue weighted by molar-refractivity contribution is 7.98. The van der Waals surface area contributed by atoms with Gasteiger partial charge in [-0.15, -0.1) is 10.2 Å². The molecule has 1 aromatic carbocycles. The molecule has 2 amide bonds. The Kier molecular flexibility index (Phi) is 6.15. The third-order valence-electron chi connectivity index (χ3n) is 4.02. The van der Waals surface area contributed by atoms with Gasteiger partial charge in [0, 0.05) is 38.4 Å². The van der Waals surface area contributed by atoms with Gasteiger partial charge in [-0.05, 0) is 29.8 Å². The molecule has 146 valence electrons. The van der Waals surface area contributed by atoms with Crippen molar-refractivity contribution in [2.45, 2.75) is 23.9 Å². The van der Waals surface area contributed by atoms with Crippen LogP contribution in [0.15, 0.2) is 52.2 Å². The fourth-order valence-electron chi connectivity index (χ4n) is 2.56. The molecule has 8 nitrogen and oxygen atoms in total. The molecule has 0 radical (unpaired) electrons. The van der Waals surface area contributed by atoms with Gasteiger partial charge in [0.05, 0.1) is 6.26 Å². The number of benzene rings is 1. The second-order valence-corrected chi connectivity index (χ2v) is 7.28. The molecule has 0 aliphatic carbocycles. The lowest BCUT2D eigenvalue weighted by Crippen LogP contribution is -2.21. The number of hydrogen-bond acceptors (Lipinski definition) is 6. The Morgan fingerprint density at radius 3 is 2.54 bits per heavy atom. The highest BCUT2D eigenvalue weighted by Crippen LogP contribution is 2.27. The first-order chi connectivity index (χ1) is 13.5. The van der Waals surface area contributed by atoms with E-state index in [0.717, 1.165) is 5.56 Å². The number of aromatic nitrogens is 3. The standard InChI is InChI=1S/C19H21N5O3S/c1-23(2)18(26)14-7-5-13(6-8-14)12-28-19-22-21-17(15-4-3-11-27-15)24(19)10-9-16(20)25/h3-8,11H,9-10,12H2,1-2H3,(H2,20,25). The number of primary amides is 1. The van der Waals surface area contributed by atoms with E-state index >= 15 is 0 Å². The molecule has 3 aromatic rings. The summed E-state index contributed by atoms with van der Waals surface area (Å²) < 4.78 is 7.24. The van der Waals surface area contributed by atoms with Crippen molar-refractivity contribution in [2.75, 3.05) is 14.1 Å². The zero-order valence-electron chi connectivity index (χ0n) is 15.7. The Hall–Kier alpha value is -3.07. The van der Waals surface area contributed by atoms with Gasteiger partial charge < -0.3 is 15.1 Å². The Morgan fingerprint density at radius 2 is 1.93 bits per heavy atom. The molecule has 9 heteroatoms. The molecule has 0 saturated carbocycles. The summed E-state index contributed by atoms with van der Waals surface area (Å²) in [4.78, 5) is 24.7. The van der Waals surface area contributed by atoms with Crippen LogP contribution >= 0.6 is 11.8 Å². The summed E-state index contributed by atoms with van der Waals surface area (Å²) in [7, 11) is 3.45. The topological polar surface area (TPSA) is 107 Å². The number of carbonyl (C=O) groups is 2. The summed E-state index contributed by atoms with van der Waals surface area (Å²) in [5.74, 6) is 1.35. The lowest BCUT2D eigenvalue weighted by molar-refractivity contribution is -0.118. The molecule has 0 bridgehead atoms. The predicted octanol–water partition coefficient (Wildman–Crippen LogP) is 2.41. The molecule has 0 aliphatic heterocycles. The van der Waals surface area contributed by atoms with Gasteiger partial charge in [0.15, 0.2) is 16.7 Å². The van der Waals surface area contributed by atoms with E-state index in [2.05, 4.69) is 10.2 Å². The zero-order valence-corrected chi connectivity index (χ0v) is 16.5. The van der Waals surface area contributed by atoms with Crippen LogP contribution in [0.5, 0.6) is 0 Å². The number of furan rings is 1. The van der Waals surface area contributed by atoms with Crippen LogP contribution < -0.4 is 5.73 Å². The molecule has 0 fully saturated rings. The average Bonchev–Trinajstić information content (AvgIpc) is 3.33. The molecule has 0 unspecified atom stereocenters. The largest absolute Gasteiger partial charge is 0.461 e. The maximum atomic E-state index is 12.0. The normalized spacial score (nSPS) is 10.8. The fourth-order valence-corrected chi connectivity index (χ4v) is 3.48. The quantitative estimate of drug-likeness (QED) is 0.583. The SMILES string of the molecule is CN(C)C(=O)c1ccc(CSc2nnc(-c3ccco3)n2CCC(N)=O)cc1. The van der Waals surface area contributed by atoms with E-state index in [-0.39, 0.29) is 12.3 Å². The van der Waals surface area contributed by atoms with Crippen molar-refractivity contribution >= 4 is 23.6 Å². The molecule has 0 saturated heterocycles. The van der Waals surface area contributed by atoms with Gasteiger partial charge >= 0.3 is 0 Å². The van der Waals surface area contributed by atoms with Gasteiger partial charge in [-0.25, -0.2) is 0 Å². The number of carbonyl (C=O) groups excluding carboxylic acids is 2. The van der Waals surface area contributed by atoms with E-state index < -0.39 is 5.91 Å². The molecule has 0 spiro atoms. The number of nitrogens with zero attached hydrogens (tertiary/aromatic N) is 4. The van der Waals surface area contributed by atoms with Gasteiger partial charge in [-0.3, -0.25) is 14.2 Å². The Morgan fingerprint density at radius 1 is 1.18 bits per heavy atom. The monoisotopic (exact) mass is 399 g/mol. The molecular weight excluding hydrogens is 378 g/mol. The first-order valence-electron chi connectivity index (χ1n) is 8.64. The van der Waals surface area contributed by atoms with Crippen molar-refractivity contribution < 1.29 is 14.0 Å². The molecule has 2 aromatic heterocycles. The van der Waals surface area contributed by atoms with Gasteiger partial charge in [0.1, 0.15) is 0 Å². The van der Waals surface area contributed by atoms with Crippen LogP contribution in [-0.4, -0.2) is 45.6 Å². The van der Waals surface area contributed by atoms with Crippen LogP contribution in [0.1, 0.15) is 22.3 Å². The average molecular weight is 399 g/mol. The van der Waals surface area contributed by atoms with Crippen LogP contribution in [0.4, 0.5) is 0 Å². The fraction of sp³-hybridized carbons (Fsp3) is 0.263. The van der Waals surface area contributed by atoms with E-state index in [4.69, 9.17) is 10.2 Å². The van der Waals surface area contributed by atoms with Gasteiger partial charge in [0.2, 0.25) is 5.91 Å². The van der Waals surface area contributed by atoms with E-state index in [0.29, 0.717) is 34.6 Å². The maximum absolute atomic E-state index is 12.0. The Balaban J connectivity index is 1.75. The molecular formula is C19H21N5O3S. The van der Waals surface area contributed by atoms with Crippen molar-refractivity contribution in [1.29, 1.82) is 0 Å². The second-order valence-electron chi connectivity index (χ2n) is 6.34. The van der Waals surface area contributed by atoms with Gasteiger partial charge in [0.25, 0.3) is 5.91 Å². The lowest BCUT2D eigenvalue weighted by Gasteiger charge is -2.11. The minimum absolute atomic E-state index is 0.0338. The molecule has 3 rings (SSSR count). The van der Waals surface area contributed by atoms with Crippen LogP contribution in [0.2, 0.25) is 0 Å². The molecule has 0 atom stereocenters. The van der Waals surface area contributed by atoms with Crippen LogP contribution in [0.25, 0.3) is 11.6 Å². The highest BCUT2D eigenvalue weighted by atomic mass is 32.2. The number of nitrogens with two attached hydrogens (primary N) is 1. The summed E-state index contributed by atoms with van der Waals surface area (Å²) >= 11 is 1.49. The molecule has 28 heavy (non-hydrogen) atoms. The number of thioether (sulfide) groups is 1. The second kappa shape index (κ2) is 8.75. The minimum atomic E-state index is -0.392. The van der Waals surface area contributed by atoms with Crippen LogP contribution in [-0.2, 0) is 17.1 Å². The number of amides is 2. The van der Waals surface area contributed by atoms with E-state index in [1.54, 1.807) is 37.4 Å². The summed E-state index contributed by atoms with van der Waals surface area (Å²) in [5.41, 5.74) is 6.99. The minimum Gasteiger partial charge on any atom is -0.461 e. The van der Waals surface area contributed by atoms with Crippen molar-refractivity contribution in [3.8, 4) is 11.6 Å². The number of rotatable bonds is 8. The zero-order chi connectivity index (χ0) is 20.1. The van der Waals surface area contributed by atoms with Crippen molar-refractivity contribution in [2.24, 2.45) is 5.73 Å². The summed E-state index contributed by atoms with van der Waals surface area (Å²) in [6.45, 7) is 0.372. The van der Waals surface area contributed by atoms with E-state index in [1.165, 1.54) is 11.8 Å². The summed E-state index contributed by atoms with van der Waals surface area (Å²) in [6.07, 6.45) is 1.74. The Bertz CT molecular complexity index is 949. The van der Waals surface area contributed by atoms with Gasteiger partial charge in [-0.2, -0.15) is 0 Å². The summed E-state index contributed by atoms with van der Waals surface area (Å²) in [5, 5.41) is 9.11. The smallest absolute Gasteiger partial charge is 0.253 e. The van der Waals surface area contributed by atoms with Crippen molar-refractivity contribution in [3.05, 3.63) is 53.8 Å². The van der Waals surface area contributed by atoms with Crippen LogP contribution in [0, 0.1) is 0 Å². The predicted molar refractivity (Wildman–Crippen MR) is 106 cm³/mol. The molecule has 0 aliphatic rings. The first-order valence-corrected chi connectivity index (χ1v) is 9.63. The summed E-state index contributed by atoms with van der Waals surface area (Å²) in [6, 6.07) is 11.0. The van der Waals surface area contributed by atoms with E-state index in [1.807, 2.05) is 28.8 Å². The van der Waals surface area contributed by atoms with Crippen molar-refractivity contribution in [1.82, 2.24) is 19.7 Å².